The number of hydrogen-bond donors (Lipinski definition) is 0. The molecule has 0 aliphatic rings. The van der Waals surface area contributed by atoms with Crippen molar-refractivity contribution in [1.82, 2.24) is 4.57 Å². The van der Waals surface area contributed by atoms with Crippen molar-refractivity contribution in [2.24, 2.45) is 0 Å². The van der Waals surface area contributed by atoms with Gasteiger partial charge in [0.05, 0.1) is 11.0 Å². The van der Waals surface area contributed by atoms with E-state index < -0.39 is 0 Å². The fourth-order valence-corrected chi connectivity index (χ4v) is 6.21. The highest BCUT2D eigenvalue weighted by atomic mass is 15.1. The summed E-state index contributed by atoms with van der Waals surface area (Å²) < 4.78 is 2.36. The van der Waals surface area contributed by atoms with Gasteiger partial charge in [-0.05, 0) is 82.6 Å². The molecule has 7 aromatic carbocycles. The minimum Gasteiger partial charge on any atom is -0.310 e. The molecule has 2 nitrogen and oxygen atoms in total. The fourth-order valence-electron chi connectivity index (χ4n) is 6.21. The lowest BCUT2D eigenvalue weighted by Crippen LogP contribution is -2.10. The van der Waals surface area contributed by atoms with Crippen LogP contribution in [0, 0.1) is 0 Å². The van der Waals surface area contributed by atoms with E-state index in [1.54, 1.807) is 0 Å². The molecule has 1 heterocycles. The smallest absolute Gasteiger partial charge is 0.0542 e. The van der Waals surface area contributed by atoms with Crippen LogP contribution in [-0.4, -0.2) is 4.57 Å². The molecule has 0 fully saturated rings. The van der Waals surface area contributed by atoms with E-state index in [0.29, 0.717) is 0 Å². The molecule has 0 saturated carbocycles. The van der Waals surface area contributed by atoms with Crippen LogP contribution in [0.25, 0.3) is 50.4 Å². The van der Waals surface area contributed by atoms with Gasteiger partial charge in [0.15, 0.2) is 0 Å². The molecule has 0 saturated heterocycles. The van der Waals surface area contributed by atoms with Crippen LogP contribution in [0.15, 0.2) is 170 Å². The monoisotopic (exact) mass is 562 g/mol. The number of para-hydroxylation sites is 2. The number of nitrogens with zero attached hydrogens (tertiary/aromatic N) is 2. The van der Waals surface area contributed by atoms with Gasteiger partial charge in [-0.1, -0.05) is 121 Å². The molecule has 44 heavy (non-hydrogen) atoms. The summed E-state index contributed by atoms with van der Waals surface area (Å²) in [6.45, 7) is 0. The van der Waals surface area contributed by atoms with Crippen LogP contribution in [0.2, 0.25) is 0 Å². The van der Waals surface area contributed by atoms with Gasteiger partial charge in [0, 0.05) is 33.5 Å². The molecule has 1 aromatic heterocycles. The number of hydrogen-bond acceptors (Lipinski definition) is 1. The minimum absolute atomic E-state index is 1.11. The maximum absolute atomic E-state index is 2.37. The van der Waals surface area contributed by atoms with E-state index in [9.17, 15) is 0 Å². The SMILES string of the molecule is C(=Cc1ccc(N(c2ccc3ccccc3c2)c2ccc3c(c2)c2ccccc2n3-c2ccccc2)cc1)c1ccccc1. The summed E-state index contributed by atoms with van der Waals surface area (Å²) in [6.07, 6.45) is 4.33. The average Bonchev–Trinajstić information content (AvgIpc) is 3.43. The standard InChI is InChI=1S/C42H30N2/c1-3-11-31(12-4-1)19-20-32-21-24-36(25-22-32)43(37-26-23-33-13-7-8-14-34(33)29-37)38-27-28-42-40(30-38)39-17-9-10-18-41(39)44(42)35-15-5-2-6-16-35/h1-30H. The van der Waals surface area contributed by atoms with E-state index >= 15 is 0 Å². The Morgan fingerprint density at radius 1 is 0.386 bits per heavy atom. The lowest BCUT2D eigenvalue weighted by molar-refractivity contribution is 1.18. The minimum atomic E-state index is 1.11. The molecule has 0 N–H and O–H groups in total. The maximum atomic E-state index is 2.37. The van der Waals surface area contributed by atoms with Crippen LogP contribution in [0.4, 0.5) is 17.1 Å². The zero-order chi connectivity index (χ0) is 29.3. The first-order valence-electron chi connectivity index (χ1n) is 15.0. The van der Waals surface area contributed by atoms with Crippen molar-refractivity contribution < 1.29 is 0 Å². The first kappa shape index (κ1) is 25.8. The highest BCUT2D eigenvalue weighted by molar-refractivity contribution is 6.10. The summed E-state index contributed by atoms with van der Waals surface area (Å²) in [5.41, 5.74) is 9.28. The molecule has 0 amide bonds. The Kier molecular flexibility index (Phi) is 6.51. The molecule has 2 heteroatoms. The summed E-state index contributed by atoms with van der Waals surface area (Å²) in [5.74, 6) is 0. The summed E-state index contributed by atoms with van der Waals surface area (Å²) in [4.78, 5) is 2.37. The Bertz CT molecular complexity index is 2260. The van der Waals surface area contributed by atoms with Crippen molar-refractivity contribution in [1.29, 1.82) is 0 Å². The van der Waals surface area contributed by atoms with Crippen LogP contribution in [-0.2, 0) is 0 Å². The van der Waals surface area contributed by atoms with Gasteiger partial charge in [-0.25, -0.2) is 0 Å². The van der Waals surface area contributed by atoms with E-state index in [0.717, 1.165) is 28.3 Å². The molecule has 0 unspecified atom stereocenters. The Morgan fingerprint density at radius 2 is 0.955 bits per heavy atom. The predicted octanol–water partition coefficient (Wildman–Crippen LogP) is 11.6. The number of fused-ring (bicyclic) bond motifs is 4. The number of anilines is 3. The van der Waals surface area contributed by atoms with Crippen LogP contribution >= 0.6 is 0 Å². The zero-order valence-corrected chi connectivity index (χ0v) is 24.2. The van der Waals surface area contributed by atoms with Crippen molar-refractivity contribution in [2.45, 2.75) is 0 Å². The van der Waals surface area contributed by atoms with Gasteiger partial charge in [-0.15, -0.1) is 0 Å². The second kappa shape index (κ2) is 11.1. The van der Waals surface area contributed by atoms with Crippen LogP contribution in [0.3, 0.4) is 0 Å². The lowest BCUT2D eigenvalue weighted by atomic mass is 10.1. The number of benzene rings is 7. The molecule has 0 aliphatic carbocycles. The normalized spacial score (nSPS) is 11.5. The topological polar surface area (TPSA) is 8.17 Å². The average molecular weight is 563 g/mol. The molecular weight excluding hydrogens is 532 g/mol. The summed E-state index contributed by atoms with van der Waals surface area (Å²) in [6, 6.07) is 60.7. The number of rotatable bonds is 6. The van der Waals surface area contributed by atoms with Gasteiger partial charge in [0.1, 0.15) is 0 Å². The van der Waals surface area contributed by atoms with Gasteiger partial charge >= 0.3 is 0 Å². The molecular formula is C42H30N2. The summed E-state index contributed by atoms with van der Waals surface area (Å²) in [5, 5.41) is 4.93. The third-order valence-corrected chi connectivity index (χ3v) is 8.34. The Morgan fingerprint density at radius 3 is 1.75 bits per heavy atom. The Labute approximate surface area is 257 Å². The van der Waals surface area contributed by atoms with Crippen molar-refractivity contribution in [3.05, 3.63) is 181 Å². The molecule has 8 rings (SSSR count). The Hall–Kier alpha value is -5.86. The first-order chi connectivity index (χ1) is 21.8. The quantitative estimate of drug-likeness (QED) is 0.183. The highest BCUT2D eigenvalue weighted by Gasteiger charge is 2.17. The second-order valence-electron chi connectivity index (χ2n) is 11.1. The molecule has 0 spiro atoms. The van der Waals surface area contributed by atoms with Gasteiger partial charge in [0.25, 0.3) is 0 Å². The van der Waals surface area contributed by atoms with E-state index in [1.165, 1.54) is 38.1 Å². The van der Waals surface area contributed by atoms with Gasteiger partial charge < -0.3 is 9.47 Å². The Balaban J connectivity index is 1.28. The van der Waals surface area contributed by atoms with Crippen LogP contribution in [0.1, 0.15) is 11.1 Å². The second-order valence-corrected chi connectivity index (χ2v) is 11.1. The van der Waals surface area contributed by atoms with Gasteiger partial charge in [-0.2, -0.15) is 0 Å². The fraction of sp³-hybridized carbons (Fsp3) is 0. The predicted molar refractivity (Wildman–Crippen MR) is 188 cm³/mol. The maximum Gasteiger partial charge on any atom is 0.0542 e. The van der Waals surface area contributed by atoms with Gasteiger partial charge in [-0.3, -0.25) is 0 Å². The third-order valence-electron chi connectivity index (χ3n) is 8.34. The van der Waals surface area contributed by atoms with Gasteiger partial charge in [0.2, 0.25) is 0 Å². The lowest BCUT2D eigenvalue weighted by Gasteiger charge is -2.26. The van der Waals surface area contributed by atoms with Crippen molar-refractivity contribution in [3.8, 4) is 5.69 Å². The van der Waals surface area contributed by atoms with E-state index in [2.05, 4.69) is 185 Å². The zero-order valence-electron chi connectivity index (χ0n) is 24.2. The van der Waals surface area contributed by atoms with Crippen molar-refractivity contribution >= 4 is 61.8 Å². The van der Waals surface area contributed by atoms with Crippen molar-refractivity contribution in [3.63, 3.8) is 0 Å². The summed E-state index contributed by atoms with van der Waals surface area (Å²) in [7, 11) is 0. The van der Waals surface area contributed by atoms with E-state index in [-0.39, 0.29) is 0 Å². The molecule has 0 atom stereocenters. The molecule has 0 radical (unpaired) electrons. The molecule has 0 aliphatic heterocycles. The van der Waals surface area contributed by atoms with Crippen LogP contribution in [0.5, 0.6) is 0 Å². The highest BCUT2D eigenvalue weighted by Crippen LogP contribution is 2.40. The van der Waals surface area contributed by atoms with Crippen LogP contribution < -0.4 is 4.90 Å². The summed E-state index contributed by atoms with van der Waals surface area (Å²) >= 11 is 0. The molecule has 8 aromatic rings. The van der Waals surface area contributed by atoms with Crippen molar-refractivity contribution in [2.75, 3.05) is 4.90 Å². The number of aromatic nitrogens is 1. The largest absolute Gasteiger partial charge is 0.310 e. The van der Waals surface area contributed by atoms with E-state index in [1.807, 2.05) is 6.07 Å². The molecule has 0 bridgehead atoms. The van der Waals surface area contributed by atoms with E-state index in [4.69, 9.17) is 0 Å². The molecule has 208 valence electrons. The third kappa shape index (κ3) is 4.73. The first-order valence-corrected chi connectivity index (χ1v) is 15.0.